The molecule has 1 aliphatic carbocycles. The third-order valence-corrected chi connectivity index (χ3v) is 2.74. The van der Waals surface area contributed by atoms with E-state index in [4.69, 9.17) is 9.47 Å². The maximum absolute atomic E-state index is 5.15. The van der Waals surface area contributed by atoms with Gasteiger partial charge in [-0.25, -0.2) is 0 Å². The predicted molar refractivity (Wildman–Crippen MR) is 69.3 cm³/mol. The zero-order valence-corrected chi connectivity index (χ0v) is 10.1. The second-order valence-electron chi connectivity index (χ2n) is 3.88. The molecule has 1 unspecified atom stereocenters. The van der Waals surface area contributed by atoms with Gasteiger partial charge in [-0.05, 0) is 42.8 Å². The van der Waals surface area contributed by atoms with Gasteiger partial charge in [0.05, 0.1) is 14.2 Å². The summed E-state index contributed by atoms with van der Waals surface area (Å²) in [6.07, 6.45) is 7.13. The highest BCUT2D eigenvalue weighted by Crippen LogP contribution is 2.19. The molecule has 3 nitrogen and oxygen atoms in total. The van der Waals surface area contributed by atoms with Crippen LogP contribution in [0, 0.1) is 0 Å². The molecule has 1 aliphatic rings. The molecule has 1 atom stereocenters. The number of benzene rings is 1. The van der Waals surface area contributed by atoms with Crippen LogP contribution in [-0.2, 0) is 4.74 Å². The Bertz CT molecular complexity index is 420. The molecule has 1 N–H and O–H groups in total. The molecule has 0 heterocycles. The van der Waals surface area contributed by atoms with Gasteiger partial charge in [-0.1, -0.05) is 6.08 Å². The van der Waals surface area contributed by atoms with Gasteiger partial charge in [-0.2, -0.15) is 0 Å². The smallest absolute Gasteiger partial charge is 0.119 e. The van der Waals surface area contributed by atoms with Crippen LogP contribution in [-0.4, -0.2) is 20.3 Å². The van der Waals surface area contributed by atoms with E-state index in [0.29, 0.717) is 6.04 Å². The van der Waals surface area contributed by atoms with Gasteiger partial charge in [-0.3, -0.25) is 0 Å². The van der Waals surface area contributed by atoms with E-state index in [9.17, 15) is 0 Å². The molecule has 0 fully saturated rings. The molecule has 0 radical (unpaired) electrons. The van der Waals surface area contributed by atoms with Crippen molar-refractivity contribution in [2.75, 3.05) is 19.5 Å². The first-order chi connectivity index (χ1) is 8.31. The van der Waals surface area contributed by atoms with Crippen molar-refractivity contribution in [3.8, 4) is 5.75 Å². The molecule has 0 saturated carbocycles. The number of allylic oxidation sites excluding steroid dienone is 1. The van der Waals surface area contributed by atoms with Crippen LogP contribution in [0.15, 0.2) is 48.3 Å². The van der Waals surface area contributed by atoms with Gasteiger partial charge < -0.3 is 14.8 Å². The zero-order chi connectivity index (χ0) is 12.1. The van der Waals surface area contributed by atoms with E-state index >= 15 is 0 Å². The lowest BCUT2D eigenvalue weighted by Gasteiger charge is -2.18. The third kappa shape index (κ3) is 3.03. The fourth-order valence-corrected chi connectivity index (χ4v) is 1.76. The highest BCUT2D eigenvalue weighted by Gasteiger charge is 2.08. The molecule has 0 aromatic heterocycles. The topological polar surface area (TPSA) is 30.5 Å². The molecule has 1 aromatic rings. The largest absolute Gasteiger partial charge is 0.497 e. The van der Waals surface area contributed by atoms with E-state index in [2.05, 4.69) is 17.5 Å². The molecule has 0 spiro atoms. The van der Waals surface area contributed by atoms with Gasteiger partial charge >= 0.3 is 0 Å². The number of anilines is 1. The molecule has 3 heteroatoms. The van der Waals surface area contributed by atoms with Crippen molar-refractivity contribution in [2.45, 2.75) is 12.5 Å². The van der Waals surface area contributed by atoms with Crippen molar-refractivity contribution in [1.82, 2.24) is 0 Å². The molecule has 0 aliphatic heterocycles. The van der Waals surface area contributed by atoms with E-state index < -0.39 is 0 Å². The summed E-state index contributed by atoms with van der Waals surface area (Å²) < 4.78 is 10.3. The lowest BCUT2D eigenvalue weighted by molar-refractivity contribution is 0.303. The first-order valence-electron chi connectivity index (χ1n) is 5.65. The van der Waals surface area contributed by atoms with Crippen molar-refractivity contribution in [2.24, 2.45) is 0 Å². The van der Waals surface area contributed by atoms with E-state index in [1.807, 2.05) is 30.3 Å². The van der Waals surface area contributed by atoms with Crippen LogP contribution < -0.4 is 10.1 Å². The summed E-state index contributed by atoms with van der Waals surface area (Å²) >= 11 is 0. The summed E-state index contributed by atoms with van der Waals surface area (Å²) in [6.45, 7) is 0. The summed E-state index contributed by atoms with van der Waals surface area (Å²) in [6, 6.07) is 8.25. The molecular formula is C14H17NO2. The van der Waals surface area contributed by atoms with E-state index in [0.717, 1.165) is 23.6 Å². The Hall–Kier alpha value is -1.90. The molecular weight excluding hydrogens is 214 g/mol. The second-order valence-corrected chi connectivity index (χ2v) is 3.88. The lowest BCUT2D eigenvalue weighted by atomic mass is 10.1. The van der Waals surface area contributed by atoms with Gasteiger partial charge in [0.2, 0.25) is 0 Å². The number of ether oxygens (including phenoxy) is 2. The van der Waals surface area contributed by atoms with E-state index in [1.165, 1.54) is 0 Å². The molecule has 90 valence electrons. The number of hydrogen-bond donors (Lipinski definition) is 1. The summed E-state index contributed by atoms with van der Waals surface area (Å²) in [5, 5.41) is 3.43. The average Bonchev–Trinajstić information content (AvgIpc) is 2.40. The first-order valence-corrected chi connectivity index (χ1v) is 5.65. The number of rotatable bonds is 4. The maximum Gasteiger partial charge on any atom is 0.119 e. The highest BCUT2D eigenvalue weighted by molar-refractivity contribution is 5.48. The van der Waals surface area contributed by atoms with E-state index in [-0.39, 0.29) is 0 Å². The molecule has 0 bridgehead atoms. The van der Waals surface area contributed by atoms with Crippen LogP contribution >= 0.6 is 0 Å². The van der Waals surface area contributed by atoms with E-state index in [1.54, 1.807) is 14.2 Å². The Labute approximate surface area is 102 Å². The third-order valence-electron chi connectivity index (χ3n) is 2.74. The van der Waals surface area contributed by atoms with Crippen LogP contribution in [0.1, 0.15) is 6.42 Å². The SMILES string of the molecule is COC1=CCC(Nc2ccc(OC)cc2)C=C1. The summed E-state index contributed by atoms with van der Waals surface area (Å²) in [5.41, 5.74) is 1.09. The molecule has 2 rings (SSSR count). The first kappa shape index (κ1) is 11.6. The number of methoxy groups -OCH3 is 2. The molecule has 0 amide bonds. The van der Waals surface area contributed by atoms with Gasteiger partial charge in [-0.15, -0.1) is 0 Å². The highest BCUT2D eigenvalue weighted by atomic mass is 16.5. The standard InChI is InChI=1S/C14H17NO2/c1-16-13-7-3-11(4-8-13)15-12-5-9-14(17-2)10-6-12/h3-5,7-10,12,15H,6H2,1-2H3. The summed E-state index contributed by atoms with van der Waals surface area (Å²) in [4.78, 5) is 0. The van der Waals surface area contributed by atoms with Crippen LogP contribution in [0.4, 0.5) is 5.69 Å². The lowest BCUT2D eigenvalue weighted by Crippen LogP contribution is -2.17. The van der Waals surface area contributed by atoms with Crippen molar-refractivity contribution in [1.29, 1.82) is 0 Å². The predicted octanol–water partition coefficient (Wildman–Crippen LogP) is 2.97. The Kier molecular flexibility index (Phi) is 3.70. The van der Waals surface area contributed by atoms with Crippen molar-refractivity contribution < 1.29 is 9.47 Å². The summed E-state index contributed by atoms with van der Waals surface area (Å²) in [7, 11) is 3.36. The Morgan fingerprint density at radius 2 is 1.88 bits per heavy atom. The van der Waals surface area contributed by atoms with Gasteiger partial charge in [0, 0.05) is 11.7 Å². The fourth-order valence-electron chi connectivity index (χ4n) is 1.76. The second kappa shape index (κ2) is 5.43. The average molecular weight is 231 g/mol. The van der Waals surface area contributed by atoms with Gasteiger partial charge in [0.15, 0.2) is 0 Å². The van der Waals surface area contributed by atoms with Crippen LogP contribution in [0.2, 0.25) is 0 Å². The van der Waals surface area contributed by atoms with Crippen LogP contribution in [0.5, 0.6) is 5.75 Å². The van der Waals surface area contributed by atoms with Crippen molar-refractivity contribution in [3.63, 3.8) is 0 Å². The Morgan fingerprint density at radius 3 is 2.41 bits per heavy atom. The van der Waals surface area contributed by atoms with Crippen molar-refractivity contribution in [3.05, 3.63) is 48.3 Å². The normalized spacial score (nSPS) is 18.5. The molecule has 17 heavy (non-hydrogen) atoms. The molecule has 0 saturated heterocycles. The van der Waals surface area contributed by atoms with Crippen molar-refractivity contribution >= 4 is 5.69 Å². The van der Waals surface area contributed by atoms with Gasteiger partial charge in [0.1, 0.15) is 11.5 Å². The molecule has 1 aromatic carbocycles. The summed E-state index contributed by atoms with van der Waals surface area (Å²) in [5.74, 6) is 1.80. The minimum atomic E-state index is 0.322. The number of nitrogens with one attached hydrogen (secondary N) is 1. The quantitative estimate of drug-likeness (QED) is 0.864. The minimum absolute atomic E-state index is 0.322. The Morgan fingerprint density at radius 1 is 1.12 bits per heavy atom. The fraction of sp³-hybridized carbons (Fsp3) is 0.286. The minimum Gasteiger partial charge on any atom is -0.497 e. The van der Waals surface area contributed by atoms with Crippen LogP contribution in [0.3, 0.4) is 0 Å². The number of hydrogen-bond acceptors (Lipinski definition) is 3. The zero-order valence-electron chi connectivity index (χ0n) is 10.1. The maximum atomic E-state index is 5.15. The Balaban J connectivity index is 1.94. The monoisotopic (exact) mass is 231 g/mol. The van der Waals surface area contributed by atoms with Crippen LogP contribution in [0.25, 0.3) is 0 Å². The van der Waals surface area contributed by atoms with Gasteiger partial charge in [0.25, 0.3) is 0 Å².